The van der Waals surface area contributed by atoms with Crippen molar-refractivity contribution in [2.75, 3.05) is 0 Å². The molecule has 2 rings (SSSR count). The van der Waals surface area contributed by atoms with E-state index in [2.05, 4.69) is 5.32 Å². The Labute approximate surface area is 102 Å². The van der Waals surface area contributed by atoms with E-state index in [1.165, 1.54) is 6.92 Å². The molecule has 0 bridgehead atoms. The van der Waals surface area contributed by atoms with E-state index in [0.717, 1.165) is 12.1 Å². The van der Waals surface area contributed by atoms with Crippen LogP contribution in [-0.4, -0.2) is 22.9 Å². The van der Waals surface area contributed by atoms with Gasteiger partial charge in [0.25, 0.3) is 11.6 Å². The number of halogens is 1. The summed E-state index contributed by atoms with van der Waals surface area (Å²) in [5.41, 5.74) is 4.96. The molecule has 2 atom stereocenters. The van der Waals surface area contributed by atoms with Crippen molar-refractivity contribution in [2.24, 2.45) is 5.73 Å². The molecule has 7 heteroatoms. The van der Waals surface area contributed by atoms with Gasteiger partial charge in [-0.2, -0.15) is 0 Å². The Kier molecular flexibility index (Phi) is 3.00. The van der Waals surface area contributed by atoms with Crippen molar-refractivity contribution in [1.29, 1.82) is 0 Å². The minimum absolute atomic E-state index is 0.0643. The number of benzene rings is 1. The average molecular weight is 253 g/mol. The number of carbonyl (C=O) groups excluding carboxylic acids is 1. The number of nitro benzene ring substituents is 1. The standard InChI is InChI=1S/C11H12FN3O3/c1-5-2-6(15(17)18)3-7(10(5)12)11(16)14-9-4-8(9)13/h2-3,8-9H,4,13H2,1H3,(H,14,16). The second-order valence-electron chi connectivity index (χ2n) is 4.36. The molecule has 6 nitrogen and oxygen atoms in total. The van der Waals surface area contributed by atoms with Gasteiger partial charge in [-0.05, 0) is 18.9 Å². The molecule has 18 heavy (non-hydrogen) atoms. The number of carbonyl (C=O) groups is 1. The molecule has 1 aromatic carbocycles. The highest BCUT2D eigenvalue weighted by Crippen LogP contribution is 2.23. The smallest absolute Gasteiger partial charge is 0.270 e. The normalized spacial score (nSPS) is 21.5. The average Bonchev–Trinajstić information content (AvgIpc) is 2.97. The van der Waals surface area contributed by atoms with Crippen molar-refractivity contribution in [3.05, 3.63) is 39.2 Å². The van der Waals surface area contributed by atoms with Crippen LogP contribution in [0.15, 0.2) is 12.1 Å². The SMILES string of the molecule is Cc1cc([N+](=O)[O-])cc(C(=O)NC2CC2N)c1F. The van der Waals surface area contributed by atoms with Gasteiger partial charge in [-0.3, -0.25) is 14.9 Å². The molecule has 1 aromatic rings. The summed E-state index contributed by atoms with van der Waals surface area (Å²) < 4.78 is 13.7. The van der Waals surface area contributed by atoms with E-state index in [0.29, 0.717) is 6.42 Å². The minimum atomic E-state index is -0.743. The van der Waals surface area contributed by atoms with Crippen LogP contribution in [0.25, 0.3) is 0 Å². The fraction of sp³-hybridized carbons (Fsp3) is 0.364. The fourth-order valence-electron chi connectivity index (χ4n) is 1.65. The molecule has 96 valence electrons. The van der Waals surface area contributed by atoms with E-state index >= 15 is 0 Å². The first kappa shape index (κ1) is 12.4. The highest BCUT2D eigenvalue weighted by atomic mass is 19.1. The van der Waals surface area contributed by atoms with Crippen LogP contribution in [0.1, 0.15) is 22.3 Å². The lowest BCUT2D eigenvalue weighted by Gasteiger charge is -2.06. The zero-order valence-electron chi connectivity index (χ0n) is 9.64. The summed E-state index contributed by atoms with van der Waals surface area (Å²) >= 11 is 0. The van der Waals surface area contributed by atoms with Gasteiger partial charge in [-0.15, -0.1) is 0 Å². The van der Waals surface area contributed by atoms with Gasteiger partial charge in [-0.25, -0.2) is 4.39 Å². The Morgan fingerprint density at radius 2 is 2.22 bits per heavy atom. The summed E-state index contributed by atoms with van der Waals surface area (Å²) in [6.07, 6.45) is 0.640. The van der Waals surface area contributed by atoms with Crippen LogP contribution < -0.4 is 11.1 Å². The second-order valence-corrected chi connectivity index (χ2v) is 4.36. The molecule has 2 unspecified atom stereocenters. The highest BCUT2D eigenvalue weighted by molar-refractivity contribution is 5.95. The van der Waals surface area contributed by atoms with E-state index in [-0.39, 0.29) is 28.9 Å². The molecule has 0 heterocycles. The second kappa shape index (κ2) is 4.34. The molecule has 0 radical (unpaired) electrons. The number of hydrogen-bond donors (Lipinski definition) is 2. The topological polar surface area (TPSA) is 98.3 Å². The van der Waals surface area contributed by atoms with Gasteiger partial charge in [0.1, 0.15) is 5.82 Å². The first-order chi connectivity index (χ1) is 8.40. The van der Waals surface area contributed by atoms with Gasteiger partial charge in [0, 0.05) is 24.2 Å². The fourth-order valence-corrected chi connectivity index (χ4v) is 1.65. The summed E-state index contributed by atoms with van der Waals surface area (Å²) in [5.74, 6) is -1.41. The molecule has 1 saturated carbocycles. The van der Waals surface area contributed by atoms with E-state index in [4.69, 9.17) is 5.73 Å². The molecule has 1 fully saturated rings. The van der Waals surface area contributed by atoms with Crippen LogP contribution in [0.2, 0.25) is 0 Å². The Morgan fingerprint density at radius 1 is 1.61 bits per heavy atom. The predicted molar refractivity (Wildman–Crippen MR) is 61.6 cm³/mol. The van der Waals surface area contributed by atoms with Crippen molar-refractivity contribution in [1.82, 2.24) is 5.32 Å². The number of nitro groups is 1. The number of hydrogen-bond acceptors (Lipinski definition) is 4. The Balaban J connectivity index is 2.30. The molecule has 3 N–H and O–H groups in total. The first-order valence-electron chi connectivity index (χ1n) is 5.41. The largest absolute Gasteiger partial charge is 0.348 e. The molecule has 1 aliphatic carbocycles. The van der Waals surface area contributed by atoms with E-state index in [1.54, 1.807) is 0 Å². The highest BCUT2D eigenvalue weighted by Gasteiger charge is 2.35. The van der Waals surface area contributed by atoms with Gasteiger partial charge in [0.05, 0.1) is 10.5 Å². The maximum absolute atomic E-state index is 13.7. The van der Waals surface area contributed by atoms with Crippen LogP contribution >= 0.6 is 0 Å². The van der Waals surface area contributed by atoms with Gasteiger partial charge in [-0.1, -0.05) is 0 Å². The van der Waals surface area contributed by atoms with Gasteiger partial charge < -0.3 is 11.1 Å². The predicted octanol–water partition coefficient (Wildman–Crippen LogP) is 0.872. The molecule has 0 saturated heterocycles. The third kappa shape index (κ3) is 2.30. The molecule has 1 amide bonds. The lowest BCUT2D eigenvalue weighted by molar-refractivity contribution is -0.385. The van der Waals surface area contributed by atoms with E-state index < -0.39 is 16.6 Å². The van der Waals surface area contributed by atoms with Crippen molar-refractivity contribution in [2.45, 2.75) is 25.4 Å². The number of rotatable bonds is 3. The summed E-state index contributed by atoms with van der Waals surface area (Å²) in [7, 11) is 0. The summed E-state index contributed by atoms with van der Waals surface area (Å²) in [6.45, 7) is 1.38. The lowest BCUT2D eigenvalue weighted by atomic mass is 10.1. The summed E-state index contributed by atoms with van der Waals surface area (Å²) in [4.78, 5) is 21.8. The van der Waals surface area contributed by atoms with Gasteiger partial charge >= 0.3 is 0 Å². The lowest BCUT2D eigenvalue weighted by Crippen LogP contribution is -2.30. The Bertz CT molecular complexity index is 533. The third-order valence-electron chi connectivity index (χ3n) is 2.85. The molecule has 0 aliphatic heterocycles. The van der Waals surface area contributed by atoms with Crippen LogP contribution in [0, 0.1) is 22.9 Å². The zero-order valence-corrected chi connectivity index (χ0v) is 9.64. The van der Waals surface area contributed by atoms with E-state index in [1.807, 2.05) is 0 Å². The first-order valence-corrected chi connectivity index (χ1v) is 5.41. The van der Waals surface area contributed by atoms with Crippen LogP contribution in [0.5, 0.6) is 0 Å². The molecular formula is C11H12FN3O3. The molecular weight excluding hydrogens is 241 g/mol. The van der Waals surface area contributed by atoms with Gasteiger partial charge in [0.2, 0.25) is 0 Å². The van der Waals surface area contributed by atoms with E-state index in [9.17, 15) is 19.3 Å². The van der Waals surface area contributed by atoms with Crippen LogP contribution in [0.3, 0.4) is 0 Å². The number of aryl methyl sites for hydroxylation is 1. The quantitative estimate of drug-likeness (QED) is 0.616. The monoisotopic (exact) mass is 253 g/mol. The van der Waals surface area contributed by atoms with Gasteiger partial charge in [0.15, 0.2) is 0 Å². The maximum Gasteiger partial charge on any atom is 0.270 e. The third-order valence-corrected chi connectivity index (χ3v) is 2.85. The van der Waals surface area contributed by atoms with Crippen LogP contribution in [-0.2, 0) is 0 Å². The van der Waals surface area contributed by atoms with Crippen molar-refractivity contribution < 1.29 is 14.1 Å². The number of amides is 1. The number of nitrogens with one attached hydrogen (secondary N) is 1. The van der Waals surface area contributed by atoms with Crippen molar-refractivity contribution in [3.63, 3.8) is 0 Å². The molecule has 1 aliphatic rings. The zero-order chi connectivity index (χ0) is 13.4. The minimum Gasteiger partial charge on any atom is -0.348 e. The summed E-state index contributed by atoms with van der Waals surface area (Å²) in [5, 5.41) is 13.2. The Hall–Kier alpha value is -2.02. The maximum atomic E-state index is 13.7. The summed E-state index contributed by atoms with van der Waals surface area (Å²) in [6, 6.07) is 1.74. The Morgan fingerprint density at radius 3 is 2.72 bits per heavy atom. The van der Waals surface area contributed by atoms with Crippen molar-refractivity contribution in [3.8, 4) is 0 Å². The molecule has 0 spiro atoms. The molecule has 0 aromatic heterocycles. The van der Waals surface area contributed by atoms with Crippen molar-refractivity contribution >= 4 is 11.6 Å². The number of non-ortho nitro benzene ring substituents is 1. The number of nitrogens with zero attached hydrogens (tertiary/aromatic N) is 1. The number of nitrogens with two attached hydrogens (primary N) is 1. The van der Waals surface area contributed by atoms with Crippen LogP contribution in [0.4, 0.5) is 10.1 Å².